The van der Waals surface area contributed by atoms with Gasteiger partial charge in [-0.05, 0) is 29.7 Å². The van der Waals surface area contributed by atoms with Gasteiger partial charge in [0.05, 0.1) is 0 Å². The van der Waals surface area contributed by atoms with E-state index >= 15 is 0 Å². The van der Waals surface area contributed by atoms with E-state index in [-0.39, 0.29) is 5.91 Å². The van der Waals surface area contributed by atoms with Crippen LogP contribution in [0.15, 0.2) is 42.6 Å². The molecule has 1 aromatic carbocycles. The summed E-state index contributed by atoms with van der Waals surface area (Å²) in [5.74, 6) is 0.276. The third-order valence-corrected chi connectivity index (χ3v) is 2.67. The normalized spacial score (nSPS) is 10.5. The summed E-state index contributed by atoms with van der Waals surface area (Å²) in [4.78, 5) is 14.8. The molecule has 0 saturated heterocycles. The van der Waals surface area contributed by atoms with Gasteiger partial charge in [0.25, 0.3) is 5.91 Å². The fraction of sp³-hybridized carbons (Fsp3) is 0.214. The topological polar surface area (TPSA) is 44.9 Å². The van der Waals surface area contributed by atoms with E-state index in [2.05, 4.69) is 24.1 Å². The molecule has 0 aliphatic carbocycles. The smallest absolute Gasteiger partial charge is 0.272 e. The molecular formula is C14H16N2O. The number of carbonyl (C=O) groups is 1. The van der Waals surface area contributed by atoms with Crippen LogP contribution in [0.4, 0.5) is 5.69 Å². The summed E-state index contributed by atoms with van der Waals surface area (Å²) in [6.07, 6.45) is 1.74. The minimum Gasteiger partial charge on any atom is -0.357 e. The molecule has 2 N–H and O–H groups in total. The summed E-state index contributed by atoms with van der Waals surface area (Å²) in [7, 11) is 0. The van der Waals surface area contributed by atoms with Crippen LogP contribution < -0.4 is 5.32 Å². The molecule has 0 unspecified atom stereocenters. The number of hydrogen-bond acceptors (Lipinski definition) is 1. The van der Waals surface area contributed by atoms with Gasteiger partial charge in [-0.25, -0.2) is 0 Å². The Bertz CT molecular complexity index is 501. The highest BCUT2D eigenvalue weighted by molar-refractivity contribution is 6.03. The van der Waals surface area contributed by atoms with Gasteiger partial charge in [0.2, 0.25) is 0 Å². The van der Waals surface area contributed by atoms with Gasteiger partial charge in [-0.3, -0.25) is 4.79 Å². The van der Waals surface area contributed by atoms with Crippen LogP contribution in [0.2, 0.25) is 0 Å². The zero-order valence-corrected chi connectivity index (χ0v) is 10.0. The molecule has 0 fully saturated rings. The van der Waals surface area contributed by atoms with Gasteiger partial charge in [-0.15, -0.1) is 0 Å². The van der Waals surface area contributed by atoms with E-state index in [1.54, 1.807) is 12.3 Å². The first-order valence-electron chi connectivity index (χ1n) is 5.72. The second-order valence-electron chi connectivity index (χ2n) is 4.28. The molecule has 17 heavy (non-hydrogen) atoms. The Morgan fingerprint density at radius 2 is 1.94 bits per heavy atom. The Labute approximate surface area is 101 Å². The second kappa shape index (κ2) is 4.87. The van der Waals surface area contributed by atoms with Crippen molar-refractivity contribution in [3.63, 3.8) is 0 Å². The summed E-state index contributed by atoms with van der Waals surface area (Å²) in [5.41, 5.74) is 2.60. The van der Waals surface area contributed by atoms with Crippen LogP contribution in [0.3, 0.4) is 0 Å². The third kappa shape index (κ3) is 2.56. The SMILES string of the molecule is CC(C)c1ccccc1NC(=O)c1ccc[nH]1. The molecule has 88 valence electrons. The minimum atomic E-state index is -0.108. The molecule has 0 aliphatic rings. The number of amides is 1. The van der Waals surface area contributed by atoms with Gasteiger partial charge in [-0.2, -0.15) is 0 Å². The van der Waals surface area contributed by atoms with Crippen LogP contribution >= 0.6 is 0 Å². The molecule has 0 radical (unpaired) electrons. The van der Waals surface area contributed by atoms with Crippen LogP contribution in [-0.2, 0) is 0 Å². The van der Waals surface area contributed by atoms with Crippen molar-refractivity contribution in [1.82, 2.24) is 4.98 Å². The predicted octanol–water partition coefficient (Wildman–Crippen LogP) is 3.39. The first-order chi connectivity index (χ1) is 8.18. The maximum absolute atomic E-state index is 11.9. The van der Waals surface area contributed by atoms with Crippen LogP contribution in [0, 0.1) is 0 Å². The van der Waals surface area contributed by atoms with Crippen LogP contribution in [0.1, 0.15) is 35.8 Å². The zero-order chi connectivity index (χ0) is 12.3. The number of carbonyl (C=O) groups excluding carboxylic acids is 1. The van der Waals surface area contributed by atoms with Crippen molar-refractivity contribution >= 4 is 11.6 Å². The van der Waals surface area contributed by atoms with Crippen molar-refractivity contribution in [3.8, 4) is 0 Å². The Morgan fingerprint density at radius 3 is 2.59 bits per heavy atom. The van der Waals surface area contributed by atoms with Crippen molar-refractivity contribution < 1.29 is 4.79 Å². The fourth-order valence-electron chi connectivity index (χ4n) is 1.78. The Kier molecular flexibility index (Phi) is 3.28. The minimum absolute atomic E-state index is 0.108. The number of nitrogens with one attached hydrogen (secondary N) is 2. The van der Waals surface area contributed by atoms with Crippen LogP contribution in [-0.4, -0.2) is 10.9 Å². The highest BCUT2D eigenvalue weighted by atomic mass is 16.1. The summed E-state index contributed by atoms with van der Waals surface area (Å²) in [6.45, 7) is 4.22. The first kappa shape index (κ1) is 11.5. The second-order valence-corrected chi connectivity index (χ2v) is 4.28. The number of aromatic nitrogens is 1. The van der Waals surface area contributed by atoms with E-state index in [0.717, 1.165) is 11.3 Å². The first-order valence-corrected chi connectivity index (χ1v) is 5.72. The zero-order valence-electron chi connectivity index (χ0n) is 10.0. The molecular weight excluding hydrogens is 212 g/mol. The van der Waals surface area contributed by atoms with Gasteiger partial charge in [0, 0.05) is 11.9 Å². The number of anilines is 1. The summed E-state index contributed by atoms with van der Waals surface area (Å²) >= 11 is 0. The third-order valence-electron chi connectivity index (χ3n) is 2.67. The quantitative estimate of drug-likeness (QED) is 0.831. The van der Waals surface area contributed by atoms with E-state index in [0.29, 0.717) is 11.6 Å². The van der Waals surface area contributed by atoms with Gasteiger partial charge in [0.1, 0.15) is 5.69 Å². The number of benzene rings is 1. The molecule has 3 heteroatoms. The number of para-hydroxylation sites is 1. The van der Waals surface area contributed by atoms with E-state index in [4.69, 9.17) is 0 Å². The molecule has 0 aliphatic heterocycles. The van der Waals surface area contributed by atoms with Gasteiger partial charge >= 0.3 is 0 Å². The number of H-pyrrole nitrogens is 1. The largest absolute Gasteiger partial charge is 0.357 e. The summed E-state index contributed by atoms with van der Waals surface area (Å²) in [5, 5.41) is 2.92. The average molecular weight is 228 g/mol. The Balaban J connectivity index is 2.22. The molecule has 0 atom stereocenters. The monoisotopic (exact) mass is 228 g/mol. The average Bonchev–Trinajstić information content (AvgIpc) is 2.83. The molecule has 0 bridgehead atoms. The van der Waals surface area contributed by atoms with Crippen LogP contribution in [0.5, 0.6) is 0 Å². The molecule has 0 saturated carbocycles. The maximum Gasteiger partial charge on any atom is 0.272 e. The van der Waals surface area contributed by atoms with E-state index < -0.39 is 0 Å². The van der Waals surface area contributed by atoms with E-state index in [9.17, 15) is 4.79 Å². The molecule has 0 spiro atoms. The predicted molar refractivity (Wildman–Crippen MR) is 69.3 cm³/mol. The lowest BCUT2D eigenvalue weighted by Gasteiger charge is -2.13. The van der Waals surface area contributed by atoms with Gasteiger partial charge < -0.3 is 10.3 Å². The lowest BCUT2D eigenvalue weighted by molar-refractivity contribution is 0.102. The van der Waals surface area contributed by atoms with Crippen molar-refractivity contribution in [3.05, 3.63) is 53.9 Å². The summed E-state index contributed by atoms with van der Waals surface area (Å²) < 4.78 is 0. The fourth-order valence-corrected chi connectivity index (χ4v) is 1.78. The molecule has 1 aromatic heterocycles. The Hall–Kier alpha value is -2.03. The number of aromatic amines is 1. The van der Waals surface area contributed by atoms with Gasteiger partial charge in [-0.1, -0.05) is 32.0 Å². The number of hydrogen-bond donors (Lipinski definition) is 2. The Morgan fingerprint density at radius 1 is 1.18 bits per heavy atom. The van der Waals surface area contributed by atoms with Crippen molar-refractivity contribution in [2.24, 2.45) is 0 Å². The molecule has 3 nitrogen and oxygen atoms in total. The number of rotatable bonds is 3. The lowest BCUT2D eigenvalue weighted by atomic mass is 10.0. The maximum atomic E-state index is 11.9. The highest BCUT2D eigenvalue weighted by Gasteiger charge is 2.10. The van der Waals surface area contributed by atoms with E-state index in [1.165, 1.54) is 0 Å². The standard InChI is InChI=1S/C14H16N2O/c1-10(2)11-6-3-4-7-12(11)16-14(17)13-8-5-9-15-13/h3-10,15H,1-2H3,(H,16,17). The van der Waals surface area contributed by atoms with Crippen molar-refractivity contribution in [2.45, 2.75) is 19.8 Å². The van der Waals surface area contributed by atoms with Crippen molar-refractivity contribution in [2.75, 3.05) is 5.32 Å². The molecule has 1 heterocycles. The lowest BCUT2D eigenvalue weighted by Crippen LogP contribution is -2.13. The van der Waals surface area contributed by atoms with Crippen molar-refractivity contribution in [1.29, 1.82) is 0 Å². The molecule has 2 rings (SSSR count). The summed E-state index contributed by atoms with van der Waals surface area (Å²) in [6, 6.07) is 11.4. The highest BCUT2D eigenvalue weighted by Crippen LogP contribution is 2.23. The van der Waals surface area contributed by atoms with Crippen LogP contribution in [0.25, 0.3) is 0 Å². The van der Waals surface area contributed by atoms with Gasteiger partial charge in [0.15, 0.2) is 0 Å². The molecule has 2 aromatic rings. The molecule has 1 amide bonds. The van der Waals surface area contributed by atoms with E-state index in [1.807, 2.05) is 30.3 Å².